The van der Waals surface area contributed by atoms with Gasteiger partial charge in [0.25, 0.3) is 0 Å². The zero-order chi connectivity index (χ0) is 9.68. The molecule has 0 bridgehead atoms. The Balaban J connectivity index is 2.45. The summed E-state index contributed by atoms with van der Waals surface area (Å²) in [5, 5.41) is 4.45. The van der Waals surface area contributed by atoms with E-state index in [1.165, 1.54) is 0 Å². The first-order valence-corrected chi connectivity index (χ1v) is 4.33. The number of rotatable bonds is 5. The second-order valence-electron chi connectivity index (χ2n) is 2.86. The third kappa shape index (κ3) is 2.59. The summed E-state index contributed by atoms with van der Waals surface area (Å²) in [5.41, 5.74) is 4.55. The van der Waals surface area contributed by atoms with E-state index >= 15 is 0 Å². The summed E-state index contributed by atoms with van der Waals surface area (Å²) in [7, 11) is 0. The Hall–Kier alpha value is -1.30. The second-order valence-corrected chi connectivity index (χ2v) is 2.86. The number of H-pyrrole nitrogens is 2. The van der Waals surface area contributed by atoms with Crippen molar-refractivity contribution >= 4 is 0 Å². The Morgan fingerprint density at radius 3 is 2.23 bits per heavy atom. The number of aromatic nitrogens is 3. The molecule has 1 aromatic rings. The highest BCUT2D eigenvalue weighted by Crippen LogP contribution is 1.93. The molecule has 0 aliphatic heterocycles. The smallest absolute Gasteiger partial charge is 0.330 e. The highest BCUT2D eigenvalue weighted by Gasteiger charge is 2.00. The average molecular weight is 186 g/mol. The Labute approximate surface area is 74.7 Å². The zero-order valence-electron chi connectivity index (χ0n) is 7.38. The minimum absolute atomic E-state index is 0.377. The van der Waals surface area contributed by atoms with Crippen molar-refractivity contribution in [2.75, 3.05) is 6.54 Å². The topological polar surface area (TPSA) is 96.7 Å². The highest BCUT2D eigenvalue weighted by molar-refractivity contribution is 4.65. The van der Waals surface area contributed by atoms with Crippen LogP contribution in [0.15, 0.2) is 9.59 Å². The van der Waals surface area contributed by atoms with Crippen LogP contribution in [0.5, 0.6) is 0 Å². The SMILES string of the molecule is NCCCCCn1c(=O)[nH][nH]c1=O. The molecule has 0 spiro atoms. The third-order valence-corrected chi connectivity index (χ3v) is 1.85. The van der Waals surface area contributed by atoms with Crippen molar-refractivity contribution in [1.29, 1.82) is 0 Å². The maximum absolute atomic E-state index is 11.0. The van der Waals surface area contributed by atoms with Gasteiger partial charge >= 0.3 is 11.4 Å². The third-order valence-electron chi connectivity index (χ3n) is 1.85. The van der Waals surface area contributed by atoms with Crippen LogP contribution < -0.4 is 17.1 Å². The van der Waals surface area contributed by atoms with Gasteiger partial charge in [0, 0.05) is 6.54 Å². The average Bonchev–Trinajstić information content (AvgIpc) is 2.42. The number of nitrogens with one attached hydrogen (secondary N) is 2. The van der Waals surface area contributed by atoms with Crippen LogP contribution in [-0.4, -0.2) is 21.3 Å². The van der Waals surface area contributed by atoms with Gasteiger partial charge in [-0.2, -0.15) is 0 Å². The molecule has 0 aromatic carbocycles. The maximum atomic E-state index is 11.0. The van der Waals surface area contributed by atoms with E-state index in [0.29, 0.717) is 13.1 Å². The number of hydrogen-bond acceptors (Lipinski definition) is 3. The first-order valence-electron chi connectivity index (χ1n) is 4.33. The minimum Gasteiger partial charge on any atom is -0.330 e. The van der Waals surface area contributed by atoms with Gasteiger partial charge in [-0.1, -0.05) is 6.42 Å². The largest absolute Gasteiger partial charge is 0.344 e. The first kappa shape index (κ1) is 9.79. The van der Waals surface area contributed by atoms with Crippen molar-refractivity contribution in [3.8, 4) is 0 Å². The Morgan fingerprint density at radius 1 is 1.08 bits per heavy atom. The predicted octanol–water partition coefficient (Wildman–Crippen LogP) is -1.01. The monoisotopic (exact) mass is 186 g/mol. The van der Waals surface area contributed by atoms with Crippen LogP contribution in [-0.2, 0) is 6.54 Å². The fourth-order valence-corrected chi connectivity index (χ4v) is 1.13. The molecule has 6 nitrogen and oxygen atoms in total. The van der Waals surface area contributed by atoms with Gasteiger partial charge in [-0.15, -0.1) is 0 Å². The summed E-state index contributed by atoms with van der Waals surface area (Å²) in [5.74, 6) is 0. The fraction of sp³-hybridized carbons (Fsp3) is 0.714. The van der Waals surface area contributed by atoms with E-state index < -0.39 is 0 Å². The Bertz CT molecular complexity index is 320. The summed E-state index contributed by atoms with van der Waals surface area (Å²) >= 11 is 0. The van der Waals surface area contributed by atoms with Crippen molar-refractivity contribution in [1.82, 2.24) is 14.8 Å². The lowest BCUT2D eigenvalue weighted by molar-refractivity contribution is 0.568. The molecule has 1 aromatic heterocycles. The number of aromatic amines is 2. The van der Waals surface area contributed by atoms with Gasteiger partial charge < -0.3 is 5.73 Å². The van der Waals surface area contributed by atoms with E-state index in [1.807, 2.05) is 0 Å². The summed E-state index contributed by atoms with van der Waals surface area (Å²) < 4.78 is 1.15. The summed E-state index contributed by atoms with van der Waals surface area (Å²) in [6.07, 6.45) is 2.67. The van der Waals surface area contributed by atoms with Gasteiger partial charge in [-0.3, -0.25) is 0 Å². The molecule has 0 amide bonds. The van der Waals surface area contributed by atoms with Crippen molar-refractivity contribution < 1.29 is 0 Å². The molecule has 0 atom stereocenters. The lowest BCUT2D eigenvalue weighted by Crippen LogP contribution is -2.26. The van der Waals surface area contributed by atoms with Gasteiger partial charge in [0.2, 0.25) is 0 Å². The molecular formula is C7H14N4O2. The molecule has 0 unspecified atom stereocenters. The van der Waals surface area contributed by atoms with Crippen LogP contribution in [0.2, 0.25) is 0 Å². The molecule has 1 heterocycles. The van der Waals surface area contributed by atoms with Crippen LogP contribution >= 0.6 is 0 Å². The summed E-state index contributed by atoms with van der Waals surface area (Å²) in [6, 6.07) is 0. The van der Waals surface area contributed by atoms with Crippen LogP contribution in [0.25, 0.3) is 0 Å². The van der Waals surface area contributed by atoms with Crippen LogP contribution in [0.3, 0.4) is 0 Å². The van der Waals surface area contributed by atoms with E-state index in [-0.39, 0.29) is 11.4 Å². The number of nitrogens with zero attached hydrogens (tertiary/aromatic N) is 1. The molecule has 6 heteroatoms. The molecule has 0 saturated heterocycles. The normalized spacial score (nSPS) is 10.5. The predicted molar refractivity (Wildman–Crippen MR) is 48.6 cm³/mol. The van der Waals surface area contributed by atoms with Crippen molar-refractivity contribution in [3.63, 3.8) is 0 Å². The van der Waals surface area contributed by atoms with Crippen molar-refractivity contribution in [2.24, 2.45) is 5.73 Å². The second kappa shape index (κ2) is 4.66. The van der Waals surface area contributed by atoms with E-state index in [4.69, 9.17) is 5.73 Å². The molecule has 0 fully saturated rings. The van der Waals surface area contributed by atoms with Gasteiger partial charge in [0.1, 0.15) is 0 Å². The number of hydrogen-bond donors (Lipinski definition) is 3. The number of nitrogens with two attached hydrogens (primary N) is 1. The van der Waals surface area contributed by atoms with Gasteiger partial charge in [0.15, 0.2) is 0 Å². The van der Waals surface area contributed by atoms with Gasteiger partial charge in [-0.05, 0) is 19.4 Å². The lowest BCUT2D eigenvalue weighted by Gasteiger charge is -1.97. The quantitative estimate of drug-likeness (QED) is 0.514. The highest BCUT2D eigenvalue weighted by atomic mass is 16.2. The standard InChI is InChI=1S/C7H14N4O2/c8-4-2-1-3-5-11-6(12)9-10-7(11)13/h1-5,8H2,(H,9,12)(H,10,13). The molecule has 4 N–H and O–H groups in total. The molecule has 1 rings (SSSR count). The number of unbranched alkanes of at least 4 members (excludes halogenated alkanes) is 2. The van der Waals surface area contributed by atoms with Crippen molar-refractivity contribution in [2.45, 2.75) is 25.8 Å². The van der Waals surface area contributed by atoms with E-state index in [2.05, 4.69) is 10.2 Å². The van der Waals surface area contributed by atoms with Crippen LogP contribution in [0, 0.1) is 0 Å². The first-order chi connectivity index (χ1) is 6.25. The van der Waals surface area contributed by atoms with E-state index in [1.54, 1.807) is 0 Å². The van der Waals surface area contributed by atoms with Crippen molar-refractivity contribution in [3.05, 3.63) is 21.0 Å². The summed E-state index contributed by atoms with van der Waals surface area (Å²) in [6.45, 7) is 1.11. The summed E-state index contributed by atoms with van der Waals surface area (Å²) in [4.78, 5) is 21.9. The van der Waals surface area contributed by atoms with Crippen LogP contribution in [0.4, 0.5) is 0 Å². The van der Waals surface area contributed by atoms with Gasteiger partial charge in [0.05, 0.1) is 0 Å². The zero-order valence-corrected chi connectivity index (χ0v) is 7.38. The lowest BCUT2D eigenvalue weighted by atomic mass is 10.2. The van der Waals surface area contributed by atoms with Crippen LogP contribution in [0.1, 0.15) is 19.3 Å². The Kier molecular flexibility index (Phi) is 3.51. The molecule has 0 aliphatic carbocycles. The molecule has 0 radical (unpaired) electrons. The van der Waals surface area contributed by atoms with E-state index in [9.17, 15) is 9.59 Å². The van der Waals surface area contributed by atoms with Gasteiger partial charge in [-0.25, -0.2) is 24.4 Å². The molecule has 0 aliphatic rings. The van der Waals surface area contributed by atoms with E-state index in [0.717, 1.165) is 23.8 Å². The molecular weight excluding hydrogens is 172 g/mol. The maximum Gasteiger partial charge on any atom is 0.344 e. The minimum atomic E-state index is -0.377. The fourth-order valence-electron chi connectivity index (χ4n) is 1.13. The Morgan fingerprint density at radius 2 is 1.69 bits per heavy atom. The molecule has 74 valence electrons. The molecule has 0 saturated carbocycles. The molecule has 13 heavy (non-hydrogen) atoms.